The third-order valence-corrected chi connectivity index (χ3v) is 6.78. The summed E-state index contributed by atoms with van der Waals surface area (Å²) < 4.78 is 27.5. The summed E-state index contributed by atoms with van der Waals surface area (Å²) in [7, 11) is -3.65. The summed E-state index contributed by atoms with van der Waals surface area (Å²) in [5, 5.41) is 3.47. The molecule has 2 N–H and O–H groups in total. The van der Waals surface area contributed by atoms with Crippen LogP contribution in [-0.4, -0.2) is 33.0 Å². The maximum atomic E-state index is 12.8. The van der Waals surface area contributed by atoms with Crippen LogP contribution in [0.2, 0.25) is 5.02 Å². The molecule has 0 radical (unpaired) electrons. The van der Waals surface area contributed by atoms with Gasteiger partial charge in [0.05, 0.1) is 16.3 Å². The Morgan fingerprint density at radius 2 is 1.63 bits per heavy atom. The van der Waals surface area contributed by atoms with Crippen LogP contribution < -0.4 is 14.9 Å². The number of piperidine rings is 1. The van der Waals surface area contributed by atoms with Gasteiger partial charge in [-0.1, -0.05) is 11.6 Å². The number of anilines is 2. The molecule has 3 rings (SSSR count). The van der Waals surface area contributed by atoms with Gasteiger partial charge in [-0.2, -0.15) is 0 Å². The predicted octanol–water partition coefficient (Wildman–Crippen LogP) is 4.66. The van der Waals surface area contributed by atoms with E-state index in [9.17, 15) is 13.2 Å². The highest BCUT2D eigenvalue weighted by Gasteiger charge is 2.22. The Morgan fingerprint density at radius 3 is 2.23 bits per heavy atom. The normalized spacial score (nSPS) is 15.1. The number of rotatable bonds is 5. The largest absolute Gasteiger partial charge is 0.370 e. The first-order chi connectivity index (χ1) is 14.0. The van der Waals surface area contributed by atoms with Gasteiger partial charge in [0.2, 0.25) is 10.0 Å². The van der Waals surface area contributed by atoms with Crippen LogP contribution >= 0.6 is 11.6 Å². The van der Waals surface area contributed by atoms with E-state index >= 15 is 0 Å². The maximum absolute atomic E-state index is 12.8. The first-order valence-corrected chi connectivity index (χ1v) is 11.9. The van der Waals surface area contributed by atoms with Crippen molar-refractivity contribution in [2.24, 2.45) is 0 Å². The molecule has 1 saturated heterocycles. The van der Waals surface area contributed by atoms with Crippen LogP contribution in [0.25, 0.3) is 0 Å². The quantitative estimate of drug-likeness (QED) is 0.695. The monoisotopic (exact) mass is 449 g/mol. The number of carbonyl (C=O) groups excluding carboxylic acids is 1. The fourth-order valence-electron chi connectivity index (χ4n) is 3.46. The summed E-state index contributed by atoms with van der Waals surface area (Å²) in [6.45, 7) is 7.21. The fourth-order valence-corrected chi connectivity index (χ4v) is 5.05. The van der Waals surface area contributed by atoms with Gasteiger partial charge in [-0.25, -0.2) is 13.1 Å². The number of amides is 1. The van der Waals surface area contributed by atoms with Gasteiger partial charge >= 0.3 is 0 Å². The van der Waals surface area contributed by atoms with E-state index in [4.69, 9.17) is 11.6 Å². The van der Waals surface area contributed by atoms with Gasteiger partial charge in [0.25, 0.3) is 5.91 Å². The van der Waals surface area contributed by atoms with Crippen molar-refractivity contribution in [1.82, 2.24) is 4.72 Å². The molecular weight excluding hydrogens is 422 g/mol. The third-order valence-electron chi connectivity index (χ3n) is 4.77. The smallest absolute Gasteiger partial charge is 0.255 e. The van der Waals surface area contributed by atoms with Gasteiger partial charge in [0.15, 0.2) is 0 Å². The van der Waals surface area contributed by atoms with Gasteiger partial charge in [-0.05, 0) is 82.5 Å². The predicted molar refractivity (Wildman–Crippen MR) is 122 cm³/mol. The Bertz CT molecular complexity index is 1010. The molecule has 2 aromatic carbocycles. The lowest BCUT2D eigenvalue weighted by Gasteiger charge is -2.30. The summed E-state index contributed by atoms with van der Waals surface area (Å²) >= 11 is 6.17. The molecule has 30 heavy (non-hydrogen) atoms. The number of nitrogens with one attached hydrogen (secondary N) is 2. The highest BCUT2D eigenvalue weighted by Crippen LogP contribution is 2.31. The van der Waals surface area contributed by atoms with E-state index in [2.05, 4.69) is 14.9 Å². The average molecular weight is 450 g/mol. The molecule has 0 saturated carbocycles. The molecule has 0 bridgehead atoms. The second-order valence-corrected chi connectivity index (χ2v) is 10.7. The van der Waals surface area contributed by atoms with Crippen molar-refractivity contribution in [3.63, 3.8) is 0 Å². The SMILES string of the molecule is CC(C)(C)NS(=O)(=O)c1ccc(C(=O)Nc2cc(Cl)ccc2N2CCCCC2)cc1. The maximum Gasteiger partial charge on any atom is 0.255 e. The standard InChI is InChI=1S/C22H28ClN3O3S/c1-22(2,3)25-30(28,29)18-10-7-16(8-11-18)21(27)24-19-15-17(23)9-12-20(19)26-13-5-4-6-14-26/h7-12,15,25H,4-6,13-14H2,1-3H3,(H,24,27). The van der Waals surface area contributed by atoms with Crippen molar-refractivity contribution >= 4 is 38.9 Å². The molecule has 1 heterocycles. The van der Waals surface area contributed by atoms with E-state index in [1.54, 1.807) is 26.8 Å². The van der Waals surface area contributed by atoms with Crippen LogP contribution in [0.1, 0.15) is 50.4 Å². The van der Waals surface area contributed by atoms with Gasteiger partial charge < -0.3 is 10.2 Å². The number of halogens is 1. The molecule has 0 atom stereocenters. The summed E-state index contributed by atoms with van der Waals surface area (Å²) in [4.78, 5) is 15.2. The minimum absolute atomic E-state index is 0.116. The van der Waals surface area contributed by atoms with Gasteiger partial charge in [0, 0.05) is 29.2 Å². The highest BCUT2D eigenvalue weighted by atomic mass is 35.5. The van der Waals surface area contributed by atoms with E-state index in [0.717, 1.165) is 31.6 Å². The number of benzene rings is 2. The van der Waals surface area contributed by atoms with E-state index in [1.807, 2.05) is 12.1 Å². The molecule has 162 valence electrons. The van der Waals surface area contributed by atoms with Crippen LogP contribution in [0, 0.1) is 0 Å². The minimum Gasteiger partial charge on any atom is -0.370 e. The second-order valence-electron chi connectivity index (χ2n) is 8.54. The van der Waals surface area contributed by atoms with E-state index in [-0.39, 0.29) is 10.8 Å². The topological polar surface area (TPSA) is 78.5 Å². The number of nitrogens with zero attached hydrogens (tertiary/aromatic N) is 1. The number of hydrogen-bond acceptors (Lipinski definition) is 4. The van der Waals surface area contributed by atoms with Crippen LogP contribution in [0.3, 0.4) is 0 Å². The molecule has 1 fully saturated rings. The molecule has 8 heteroatoms. The minimum atomic E-state index is -3.65. The Hall–Kier alpha value is -2.09. The van der Waals surface area contributed by atoms with Gasteiger partial charge in [-0.15, -0.1) is 0 Å². The molecule has 0 spiro atoms. The summed E-state index contributed by atoms with van der Waals surface area (Å²) in [5.74, 6) is -0.316. The van der Waals surface area contributed by atoms with Crippen molar-refractivity contribution in [2.45, 2.75) is 50.5 Å². The van der Waals surface area contributed by atoms with Gasteiger partial charge in [0.1, 0.15) is 0 Å². The van der Waals surface area contributed by atoms with E-state index in [1.165, 1.54) is 30.7 Å². The molecule has 1 aliphatic heterocycles. The summed E-state index contributed by atoms with van der Waals surface area (Å²) in [6.07, 6.45) is 3.45. The van der Waals surface area contributed by atoms with E-state index in [0.29, 0.717) is 16.3 Å². The first kappa shape index (κ1) is 22.6. The summed E-state index contributed by atoms with van der Waals surface area (Å²) in [6, 6.07) is 11.4. The van der Waals surface area contributed by atoms with Crippen molar-refractivity contribution in [3.05, 3.63) is 53.1 Å². The van der Waals surface area contributed by atoms with Crippen LogP contribution in [-0.2, 0) is 10.0 Å². The molecule has 6 nitrogen and oxygen atoms in total. The zero-order chi connectivity index (χ0) is 21.9. The van der Waals surface area contributed by atoms with Crippen molar-refractivity contribution < 1.29 is 13.2 Å². The fraction of sp³-hybridized carbons (Fsp3) is 0.409. The Labute approximate surface area is 183 Å². The van der Waals surface area contributed by atoms with Crippen molar-refractivity contribution in [3.8, 4) is 0 Å². The van der Waals surface area contributed by atoms with Crippen LogP contribution in [0.15, 0.2) is 47.4 Å². The van der Waals surface area contributed by atoms with E-state index < -0.39 is 15.6 Å². The molecule has 0 unspecified atom stereocenters. The number of carbonyl (C=O) groups is 1. The lowest BCUT2D eigenvalue weighted by Crippen LogP contribution is -2.40. The van der Waals surface area contributed by atoms with Crippen molar-refractivity contribution in [2.75, 3.05) is 23.3 Å². The molecule has 1 aliphatic rings. The first-order valence-electron chi connectivity index (χ1n) is 10.1. The zero-order valence-corrected chi connectivity index (χ0v) is 19.1. The second kappa shape index (κ2) is 8.96. The number of sulfonamides is 1. The molecule has 0 aromatic heterocycles. The number of hydrogen-bond donors (Lipinski definition) is 2. The Morgan fingerprint density at radius 1 is 1.00 bits per heavy atom. The van der Waals surface area contributed by atoms with Crippen LogP contribution in [0.4, 0.5) is 11.4 Å². The zero-order valence-electron chi connectivity index (χ0n) is 17.5. The Kier molecular flexibility index (Phi) is 6.75. The molecule has 2 aromatic rings. The van der Waals surface area contributed by atoms with Crippen LogP contribution in [0.5, 0.6) is 0 Å². The molecule has 0 aliphatic carbocycles. The average Bonchev–Trinajstić information content (AvgIpc) is 2.67. The molecule has 1 amide bonds. The van der Waals surface area contributed by atoms with Crippen molar-refractivity contribution in [1.29, 1.82) is 0 Å². The lowest BCUT2D eigenvalue weighted by atomic mass is 10.1. The lowest BCUT2D eigenvalue weighted by molar-refractivity contribution is 0.102. The third kappa shape index (κ3) is 5.74. The Balaban J connectivity index is 1.79. The molecular formula is C22H28ClN3O3S. The van der Waals surface area contributed by atoms with Gasteiger partial charge in [-0.3, -0.25) is 4.79 Å². The highest BCUT2D eigenvalue weighted by molar-refractivity contribution is 7.89. The summed E-state index contributed by atoms with van der Waals surface area (Å²) in [5.41, 5.74) is 1.38.